The third-order valence-corrected chi connectivity index (χ3v) is 5.33. The van der Waals surface area contributed by atoms with Crippen LogP contribution in [0.25, 0.3) is 0 Å². The van der Waals surface area contributed by atoms with Gasteiger partial charge in [0.2, 0.25) is 0 Å². The first-order valence-electron chi connectivity index (χ1n) is 8.05. The summed E-state index contributed by atoms with van der Waals surface area (Å²) in [6, 6.07) is 2.63. The summed E-state index contributed by atoms with van der Waals surface area (Å²) in [7, 11) is 2.19. The normalized spacial score (nSPS) is 25.0. The van der Waals surface area contributed by atoms with Crippen LogP contribution in [0.3, 0.4) is 0 Å². The van der Waals surface area contributed by atoms with E-state index in [0.717, 1.165) is 35.5 Å². The molecule has 0 amide bonds. The molecule has 3 rings (SSSR count). The first-order valence-corrected chi connectivity index (χ1v) is 8.84. The van der Waals surface area contributed by atoms with Crippen molar-refractivity contribution in [2.45, 2.75) is 32.2 Å². The summed E-state index contributed by atoms with van der Waals surface area (Å²) in [6.07, 6.45) is 1.11. The Morgan fingerprint density at radius 1 is 1.32 bits per heavy atom. The molecule has 2 heterocycles. The van der Waals surface area contributed by atoms with Crippen molar-refractivity contribution >= 4 is 15.9 Å². The molecule has 0 aromatic heterocycles. The molecule has 1 aromatic rings. The van der Waals surface area contributed by atoms with Crippen LogP contribution in [0.4, 0.5) is 0 Å². The lowest BCUT2D eigenvalue weighted by atomic mass is 9.89. The second-order valence-electron chi connectivity index (χ2n) is 6.66. The van der Waals surface area contributed by atoms with Gasteiger partial charge in [-0.1, -0.05) is 13.8 Å². The van der Waals surface area contributed by atoms with Crippen molar-refractivity contribution in [3.8, 4) is 11.5 Å². The van der Waals surface area contributed by atoms with Gasteiger partial charge in [0.1, 0.15) is 13.2 Å². The lowest BCUT2D eigenvalue weighted by Crippen LogP contribution is -2.23. The fourth-order valence-electron chi connectivity index (χ4n) is 3.72. The minimum atomic E-state index is 0.392. The Morgan fingerprint density at radius 3 is 2.59 bits per heavy atom. The lowest BCUT2D eigenvalue weighted by molar-refractivity contribution is 0.167. The van der Waals surface area contributed by atoms with Gasteiger partial charge in [-0.05, 0) is 59.4 Å². The summed E-state index contributed by atoms with van der Waals surface area (Å²) in [5, 5.41) is 0. The minimum absolute atomic E-state index is 0.392. The fraction of sp³-hybridized carbons (Fsp3) is 0.647. The fourth-order valence-corrected chi connectivity index (χ4v) is 4.26. The van der Waals surface area contributed by atoms with Crippen molar-refractivity contribution in [3.63, 3.8) is 0 Å². The number of hydrogen-bond acceptors (Lipinski definition) is 4. The van der Waals surface area contributed by atoms with Crippen molar-refractivity contribution in [2.75, 3.05) is 33.4 Å². The van der Waals surface area contributed by atoms with Gasteiger partial charge in [0.15, 0.2) is 11.5 Å². The van der Waals surface area contributed by atoms with Crippen molar-refractivity contribution in [1.82, 2.24) is 4.90 Å². The largest absolute Gasteiger partial charge is 0.486 e. The molecule has 0 spiro atoms. The van der Waals surface area contributed by atoms with E-state index in [1.54, 1.807) is 0 Å². The van der Waals surface area contributed by atoms with Crippen LogP contribution in [0.5, 0.6) is 11.5 Å². The Balaban J connectivity index is 2.09. The van der Waals surface area contributed by atoms with E-state index in [2.05, 4.69) is 47.8 Å². The van der Waals surface area contributed by atoms with E-state index in [0.29, 0.717) is 31.1 Å². The average molecular weight is 369 g/mol. The molecule has 1 aromatic carbocycles. The number of ether oxygens (including phenoxy) is 2. The second-order valence-corrected chi connectivity index (χ2v) is 7.52. The summed E-state index contributed by atoms with van der Waals surface area (Å²) in [5.41, 5.74) is 8.53. The highest BCUT2D eigenvalue weighted by Crippen LogP contribution is 2.49. The van der Waals surface area contributed by atoms with Crippen LogP contribution < -0.4 is 15.2 Å². The summed E-state index contributed by atoms with van der Waals surface area (Å²) < 4.78 is 12.8. The van der Waals surface area contributed by atoms with Gasteiger partial charge >= 0.3 is 0 Å². The number of nitrogens with zero attached hydrogens (tertiary/aromatic N) is 1. The summed E-state index contributed by atoms with van der Waals surface area (Å²) in [6.45, 7) is 7.49. The zero-order valence-corrected chi connectivity index (χ0v) is 15.1. The predicted molar refractivity (Wildman–Crippen MR) is 91.8 cm³/mol. The molecule has 4 nitrogen and oxygen atoms in total. The van der Waals surface area contributed by atoms with Gasteiger partial charge in [-0.3, -0.25) is 4.90 Å². The smallest absolute Gasteiger partial charge is 0.175 e. The molecule has 0 bridgehead atoms. The van der Waals surface area contributed by atoms with Gasteiger partial charge < -0.3 is 15.2 Å². The van der Waals surface area contributed by atoms with Crippen molar-refractivity contribution in [1.29, 1.82) is 0 Å². The molecule has 2 aliphatic heterocycles. The van der Waals surface area contributed by atoms with E-state index in [9.17, 15) is 0 Å². The van der Waals surface area contributed by atoms with E-state index >= 15 is 0 Å². The third kappa shape index (κ3) is 2.74. The first kappa shape index (κ1) is 16.1. The molecular formula is C17H25BrN2O2. The summed E-state index contributed by atoms with van der Waals surface area (Å²) in [5.74, 6) is 2.75. The predicted octanol–water partition coefficient (Wildman–Crippen LogP) is 3.30. The Kier molecular flexibility index (Phi) is 4.67. The Bertz CT molecular complexity index is 562. The molecule has 22 heavy (non-hydrogen) atoms. The number of fused-ring (bicyclic) bond motifs is 1. The number of nitrogens with two attached hydrogens (primary N) is 1. The standard InChI is InChI=1S/C17H25BrN2O2/c1-10(2)15-12(14-6-11(8-19)9-20(14)3)7-13(18)16-17(15)22-5-4-21-16/h7,10-11,14H,4-6,8-9,19H2,1-3H3. The number of halogens is 1. The molecule has 2 N–H and O–H groups in total. The van der Waals surface area contributed by atoms with Crippen LogP contribution in [0.2, 0.25) is 0 Å². The first-order chi connectivity index (χ1) is 10.5. The zero-order valence-electron chi connectivity index (χ0n) is 13.6. The van der Waals surface area contributed by atoms with E-state index < -0.39 is 0 Å². The third-order valence-electron chi connectivity index (χ3n) is 4.74. The molecule has 2 aliphatic rings. The maximum absolute atomic E-state index is 5.99. The molecule has 0 saturated carbocycles. The van der Waals surface area contributed by atoms with E-state index in [1.165, 1.54) is 11.1 Å². The highest BCUT2D eigenvalue weighted by atomic mass is 79.9. The number of hydrogen-bond donors (Lipinski definition) is 1. The zero-order chi connectivity index (χ0) is 15.9. The van der Waals surface area contributed by atoms with Gasteiger partial charge in [0.25, 0.3) is 0 Å². The van der Waals surface area contributed by atoms with E-state index in [1.807, 2.05) is 0 Å². The lowest BCUT2D eigenvalue weighted by Gasteiger charge is -2.30. The van der Waals surface area contributed by atoms with Crippen LogP contribution in [0.1, 0.15) is 43.4 Å². The van der Waals surface area contributed by atoms with Gasteiger partial charge in [0.05, 0.1) is 4.47 Å². The van der Waals surface area contributed by atoms with Crippen molar-refractivity contribution in [3.05, 3.63) is 21.7 Å². The Hall–Kier alpha value is -0.780. The Labute approximate surface area is 141 Å². The molecule has 0 radical (unpaired) electrons. The maximum atomic E-state index is 5.99. The van der Waals surface area contributed by atoms with Crippen LogP contribution in [-0.2, 0) is 0 Å². The summed E-state index contributed by atoms with van der Waals surface area (Å²) in [4.78, 5) is 2.42. The second kappa shape index (κ2) is 6.38. The van der Waals surface area contributed by atoms with Gasteiger partial charge in [-0.25, -0.2) is 0 Å². The molecular weight excluding hydrogens is 344 g/mol. The molecule has 1 saturated heterocycles. The van der Waals surface area contributed by atoms with Crippen LogP contribution in [0.15, 0.2) is 10.5 Å². The van der Waals surface area contributed by atoms with Gasteiger partial charge in [0, 0.05) is 18.2 Å². The number of benzene rings is 1. The van der Waals surface area contributed by atoms with Gasteiger partial charge in [-0.2, -0.15) is 0 Å². The molecule has 122 valence electrons. The van der Waals surface area contributed by atoms with Gasteiger partial charge in [-0.15, -0.1) is 0 Å². The van der Waals surface area contributed by atoms with Crippen LogP contribution >= 0.6 is 15.9 Å². The van der Waals surface area contributed by atoms with E-state index in [-0.39, 0.29) is 0 Å². The average Bonchev–Trinajstić information content (AvgIpc) is 2.88. The molecule has 2 unspecified atom stereocenters. The van der Waals surface area contributed by atoms with Crippen LogP contribution in [0, 0.1) is 5.92 Å². The Morgan fingerprint density at radius 2 is 2.00 bits per heavy atom. The molecule has 2 atom stereocenters. The summed E-state index contributed by atoms with van der Waals surface area (Å²) >= 11 is 3.67. The quantitative estimate of drug-likeness (QED) is 0.888. The SMILES string of the molecule is CC(C)c1c(C2CC(CN)CN2C)cc(Br)c2c1OCCO2. The minimum Gasteiger partial charge on any atom is -0.486 e. The topological polar surface area (TPSA) is 47.7 Å². The van der Waals surface area contributed by atoms with Crippen molar-refractivity contribution < 1.29 is 9.47 Å². The number of rotatable bonds is 3. The van der Waals surface area contributed by atoms with Crippen molar-refractivity contribution in [2.24, 2.45) is 11.7 Å². The number of likely N-dealkylation sites (tertiary alicyclic amines) is 1. The van der Waals surface area contributed by atoms with Crippen LogP contribution in [-0.4, -0.2) is 38.3 Å². The monoisotopic (exact) mass is 368 g/mol. The highest BCUT2D eigenvalue weighted by molar-refractivity contribution is 9.10. The molecule has 5 heteroatoms. The van der Waals surface area contributed by atoms with E-state index in [4.69, 9.17) is 15.2 Å². The molecule has 1 fully saturated rings. The molecule has 0 aliphatic carbocycles. The highest BCUT2D eigenvalue weighted by Gasteiger charge is 2.34. The maximum Gasteiger partial charge on any atom is 0.175 e.